The fourth-order valence-corrected chi connectivity index (χ4v) is 2.10. The first-order valence-corrected chi connectivity index (χ1v) is 6.87. The molecule has 0 aromatic heterocycles. The summed E-state index contributed by atoms with van der Waals surface area (Å²) in [7, 11) is 3.86. The largest absolute Gasteiger partial charge is 0.496 e. The maximum atomic E-state index is 5.79. The average Bonchev–Trinajstić information content (AvgIpc) is 2.38. The van der Waals surface area contributed by atoms with E-state index in [0.29, 0.717) is 0 Å². The van der Waals surface area contributed by atoms with E-state index < -0.39 is 0 Å². The highest BCUT2D eigenvalue weighted by Gasteiger charge is 2.17. The Hall–Kier alpha value is -1.22. The van der Waals surface area contributed by atoms with Crippen molar-refractivity contribution in [3.8, 4) is 5.75 Å². The Labute approximate surface area is 117 Å². The van der Waals surface area contributed by atoms with Crippen molar-refractivity contribution in [2.45, 2.75) is 34.1 Å². The van der Waals surface area contributed by atoms with Crippen LogP contribution in [0.1, 0.15) is 31.4 Å². The Bertz CT molecular complexity index is 427. The summed E-state index contributed by atoms with van der Waals surface area (Å²) >= 11 is 0. The van der Waals surface area contributed by atoms with E-state index in [2.05, 4.69) is 51.8 Å². The van der Waals surface area contributed by atoms with Crippen LogP contribution in [0, 0.1) is 19.3 Å². The van der Waals surface area contributed by atoms with Crippen molar-refractivity contribution in [3.63, 3.8) is 0 Å². The highest BCUT2D eigenvalue weighted by molar-refractivity contribution is 5.58. The van der Waals surface area contributed by atoms with Crippen molar-refractivity contribution in [2.75, 3.05) is 32.1 Å². The van der Waals surface area contributed by atoms with Crippen LogP contribution in [-0.4, -0.2) is 27.2 Å². The summed E-state index contributed by atoms with van der Waals surface area (Å²) in [6, 6.07) is 4.30. The van der Waals surface area contributed by atoms with Gasteiger partial charge in [0.25, 0.3) is 0 Å². The molecule has 0 amide bonds. The molecule has 0 radical (unpaired) electrons. The molecular weight excluding hydrogens is 236 g/mol. The summed E-state index contributed by atoms with van der Waals surface area (Å²) < 4.78 is 5.36. The fraction of sp³-hybridized carbons (Fsp3) is 0.625. The molecule has 0 unspecified atom stereocenters. The SMILES string of the molecule is COc1cc(C)c(N(C)CCC(C)(C)CN)cc1C. The molecule has 1 rings (SSSR count). The van der Waals surface area contributed by atoms with E-state index in [1.807, 2.05) is 0 Å². The second-order valence-corrected chi connectivity index (χ2v) is 6.15. The van der Waals surface area contributed by atoms with E-state index >= 15 is 0 Å². The summed E-state index contributed by atoms with van der Waals surface area (Å²) in [5.74, 6) is 0.955. The summed E-state index contributed by atoms with van der Waals surface area (Å²) in [5, 5.41) is 0. The summed E-state index contributed by atoms with van der Waals surface area (Å²) in [5.41, 5.74) is 9.68. The summed E-state index contributed by atoms with van der Waals surface area (Å²) in [6.07, 6.45) is 1.09. The second kappa shape index (κ2) is 6.29. The Balaban J connectivity index is 2.83. The van der Waals surface area contributed by atoms with Crippen molar-refractivity contribution in [3.05, 3.63) is 23.3 Å². The van der Waals surface area contributed by atoms with E-state index in [4.69, 9.17) is 10.5 Å². The first-order valence-electron chi connectivity index (χ1n) is 6.87. The van der Waals surface area contributed by atoms with Gasteiger partial charge in [0.15, 0.2) is 0 Å². The Kier molecular flexibility index (Phi) is 5.24. The number of hydrogen-bond acceptors (Lipinski definition) is 3. The lowest BCUT2D eigenvalue weighted by atomic mass is 9.89. The van der Waals surface area contributed by atoms with Crippen molar-refractivity contribution < 1.29 is 4.74 Å². The molecular formula is C16H28N2O. The van der Waals surface area contributed by atoms with Gasteiger partial charge in [0.05, 0.1) is 7.11 Å². The van der Waals surface area contributed by atoms with Gasteiger partial charge in [-0.1, -0.05) is 13.8 Å². The minimum absolute atomic E-state index is 0.198. The quantitative estimate of drug-likeness (QED) is 0.858. The van der Waals surface area contributed by atoms with Gasteiger partial charge < -0.3 is 15.4 Å². The predicted molar refractivity (Wildman–Crippen MR) is 83.2 cm³/mol. The smallest absolute Gasteiger partial charge is 0.122 e. The molecule has 0 aliphatic rings. The average molecular weight is 264 g/mol. The molecule has 108 valence electrons. The standard InChI is InChI=1S/C16H28N2O/c1-12-10-15(19-6)13(2)9-14(12)18(5)8-7-16(3,4)11-17/h9-10H,7-8,11,17H2,1-6H3. The highest BCUT2D eigenvalue weighted by Crippen LogP contribution is 2.29. The van der Waals surface area contributed by atoms with Gasteiger partial charge in [-0.25, -0.2) is 0 Å². The van der Waals surface area contributed by atoms with Crippen LogP contribution in [0.4, 0.5) is 5.69 Å². The first kappa shape index (κ1) is 15.8. The lowest BCUT2D eigenvalue weighted by molar-refractivity contribution is 0.351. The number of hydrogen-bond donors (Lipinski definition) is 1. The van der Waals surface area contributed by atoms with E-state index in [1.165, 1.54) is 16.8 Å². The molecule has 0 fully saturated rings. The van der Waals surface area contributed by atoms with E-state index in [1.54, 1.807) is 7.11 Å². The minimum Gasteiger partial charge on any atom is -0.496 e. The third-order valence-electron chi connectivity index (χ3n) is 3.80. The first-order chi connectivity index (χ1) is 8.80. The summed E-state index contributed by atoms with van der Waals surface area (Å²) in [6.45, 7) is 10.4. The van der Waals surface area contributed by atoms with Gasteiger partial charge in [0.2, 0.25) is 0 Å². The molecule has 3 heteroatoms. The van der Waals surface area contributed by atoms with Crippen molar-refractivity contribution in [1.29, 1.82) is 0 Å². The molecule has 3 nitrogen and oxygen atoms in total. The molecule has 19 heavy (non-hydrogen) atoms. The third kappa shape index (κ3) is 4.13. The van der Waals surface area contributed by atoms with Crippen molar-refractivity contribution in [2.24, 2.45) is 11.1 Å². The fourth-order valence-electron chi connectivity index (χ4n) is 2.10. The lowest BCUT2D eigenvalue weighted by Gasteiger charge is -2.28. The lowest BCUT2D eigenvalue weighted by Crippen LogP contribution is -2.30. The van der Waals surface area contributed by atoms with Crippen LogP contribution in [0.2, 0.25) is 0 Å². The minimum atomic E-state index is 0.198. The molecule has 2 N–H and O–H groups in total. The number of methoxy groups -OCH3 is 1. The van der Waals surface area contributed by atoms with Gasteiger partial charge >= 0.3 is 0 Å². The van der Waals surface area contributed by atoms with E-state index in [0.717, 1.165) is 25.3 Å². The van der Waals surface area contributed by atoms with Gasteiger partial charge in [-0.05, 0) is 55.5 Å². The number of nitrogens with two attached hydrogens (primary N) is 1. The zero-order valence-electron chi connectivity index (χ0n) is 13.2. The number of aryl methyl sites for hydroxylation is 2. The molecule has 0 saturated carbocycles. The molecule has 0 heterocycles. The topological polar surface area (TPSA) is 38.5 Å². The molecule has 1 aromatic rings. The van der Waals surface area contributed by atoms with Crippen molar-refractivity contribution >= 4 is 5.69 Å². The highest BCUT2D eigenvalue weighted by atomic mass is 16.5. The monoisotopic (exact) mass is 264 g/mol. The molecule has 0 atom stereocenters. The Morgan fingerprint density at radius 2 is 1.84 bits per heavy atom. The van der Waals surface area contributed by atoms with Crippen LogP contribution in [0.15, 0.2) is 12.1 Å². The molecule has 1 aromatic carbocycles. The number of ether oxygens (including phenoxy) is 1. The number of benzene rings is 1. The zero-order chi connectivity index (χ0) is 14.6. The van der Waals surface area contributed by atoms with Gasteiger partial charge in [0, 0.05) is 19.3 Å². The van der Waals surface area contributed by atoms with Gasteiger partial charge in [0.1, 0.15) is 5.75 Å². The van der Waals surface area contributed by atoms with Gasteiger partial charge in [-0.3, -0.25) is 0 Å². The van der Waals surface area contributed by atoms with Crippen LogP contribution in [0.25, 0.3) is 0 Å². The van der Waals surface area contributed by atoms with E-state index in [9.17, 15) is 0 Å². The van der Waals surface area contributed by atoms with Crippen LogP contribution in [0.3, 0.4) is 0 Å². The molecule has 0 aliphatic heterocycles. The number of anilines is 1. The molecule has 0 spiro atoms. The normalized spacial score (nSPS) is 11.5. The number of nitrogens with zero attached hydrogens (tertiary/aromatic N) is 1. The van der Waals surface area contributed by atoms with Crippen LogP contribution in [0.5, 0.6) is 5.75 Å². The summed E-state index contributed by atoms with van der Waals surface area (Å²) in [4.78, 5) is 2.30. The van der Waals surface area contributed by atoms with Crippen LogP contribution >= 0.6 is 0 Å². The third-order valence-corrected chi connectivity index (χ3v) is 3.80. The number of rotatable bonds is 6. The molecule has 0 aliphatic carbocycles. The maximum Gasteiger partial charge on any atom is 0.122 e. The molecule has 0 saturated heterocycles. The Morgan fingerprint density at radius 3 is 2.37 bits per heavy atom. The molecule has 0 bridgehead atoms. The maximum absolute atomic E-state index is 5.79. The van der Waals surface area contributed by atoms with Crippen molar-refractivity contribution in [1.82, 2.24) is 0 Å². The van der Waals surface area contributed by atoms with Gasteiger partial charge in [-0.15, -0.1) is 0 Å². The van der Waals surface area contributed by atoms with Crippen LogP contribution < -0.4 is 15.4 Å². The predicted octanol–water partition coefficient (Wildman–Crippen LogP) is 3.12. The Morgan fingerprint density at radius 1 is 1.21 bits per heavy atom. The second-order valence-electron chi connectivity index (χ2n) is 6.15. The van der Waals surface area contributed by atoms with E-state index in [-0.39, 0.29) is 5.41 Å². The van der Waals surface area contributed by atoms with Gasteiger partial charge in [-0.2, -0.15) is 0 Å². The zero-order valence-corrected chi connectivity index (χ0v) is 13.2. The van der Waals surface area contributed by atoms with Crippen LogP contribution in [-0.2, 0) is 0 Å².